The first-order chi connectivity index (χ1) is 7.47. The van der Waals surface area contributed by atoms with Crippen molar-refractivity contribution < 1.29 is 14.6 Å². The molecule has 0 spiro atoms. The first-order valence-electron chi connectivity index (χ1n) is 4.70. The third-order valence-electron chi connectivity index (χ3n) is 2.24. The molecule has 0 bridgehead atoms. The molecule has 0 heterocycles. The maximum atomic E-state index is 11.1. The lowest BCUT2D eigenvalue weighted by Gasteiger charge is -2.20. The van der Waals surface area contributed by atoms with E-state index in [0.717, 1.165) is 0 Å². The van der Waals surface area contributed by atoms with Gasteiger partial charge in [-0.25, -0.2) is 0 Å². The highest BCUT2D eigenvalue weighted by molar-refractivity contribution is 6.32. The molecule has 1 N–H and O–H groups in total. The van der Waals surface area contributed by atoms with E-state index < -0.39 is 12.0 Å². The molecule has 1 atom stereocenters. The largest absolute Gasteiger partial charge is 0.495 e. The smallest absolute Gasteiger partial charge is 0.325 e. The van der Waals surface area contributed by atoms with Crippen molar-refractivity contribution in [2.75, 3.05) is 21.2 Å². The van der Waals surface area contributed by atoms with E-state index in [1.807, 2.05) is 0 Å². The topological polar surface area (TPSA) is 49.8 Å². The van der Waals surface area contributed by atoms with Gasteiger partial charge in [0.1, 0.15) is 11.8 Å². The number of aliphatic carboxylic acids is 1. The summed E-state index contributed by atoms with van der Waals surface area (Å²) >= 11 is 5.95. The highest BCUT2D eigenvalue weighted by atomic mass is 35.5. The van der Waals surface area contributed by atoms with Crippen LogP contribution in [0.15, 0.2) is 18.2 Å². The van der Waals surface area contributed by atoms with Crippen molar-refractivity contribution in [3.05, 3.63) is 28.8 Å². The van der Waals surface area contributed by atoms with Gasteiger partial charge >= 0.3 is 5.97 Å². The third kappa shape index (κ3) is 2.65. The molecule has 5 heteroatoms. The van der Waals surface area contributed by atoms with Crippen LogP contribution in [0.2, 0.25) is 5.02 Å². The van der Waals surface area contributed by atoms with Crippen LogP contribution in [-0.2, 0) is 4.79 Å². The Bertz CT molecular complexity index is 393. The molecular weight excluding hydrogens is 230 g/mol. The molecule has 0 aliphatic heterocycles. The number of halogens is 1. The maximum absolute atomic E-state index is 11.1. The van der Waals surface area contributed by atoms with Crippen LogP contribution in [0.25, 0.3) is 0 Å². The lowest BCUT2D eigenvalue weighted by molar-refractivity contribution is -0.142. The Morgan fingerprint density at radius 1 is 1.50 bits per heavy atom. The van der Waals surface area contributed by atoms with Crippen LogP contribution in [0.4, 0.5) is 0 Å². The van der Waals surface area contributed by atoms with Crippen LogP contribution >= 0.6 is 11.6 Å². The number of hydrogen-bond donors (Lipinski definition) is 1. The maximum Gasteiger partial charge on any atom is 0.325 e. The van der Waals surface area contributed by atoms with Gasteiger partial charge in [-0.3, -0.25) is 9.69 Å². The van der Waals surface area contributed by atoms with E-state index >= 15 is 0 Å². The number of benzene rings is 1. The summed E-state index contributed by atoms with van der Waals surface area (Å²) < 4.78 is 5.01. The molecule has 4 nitrogen and oxygen atoms in total. The van der Waals surface area contributed by atoms with Crippen LogP contribution in [0.5, 0.6) is 5.75 Å². The molecule has 1 aromatic carbocycles. The van der Waals surface area contributed by atoms with E-state index in [-0.39, 0.29) is 0 Å². The fourth-order valence-electron chi connectivity index (χ4n) is 1.51. The van der Waals surface area contributed by atoms with E-state index in [1.165, 1.54) is 7.11 Å². The number of carbonyl (C=O) groups is 1. The SMILES string of the molecule is COc1ccc(C(C(=O)O)N(C)C)cc1Cl. The highest BCUT2D eigenvalue weighted by Gasteiger charge is 2.22. The second-order valence-electron chi connectivity index (χ2n) is 3.60. The van der Waals surface area contributed by atoms with Gasteiger partial charge in [-0.15, -0.1) is 0 Å². The average Bonchev–Trinajstić information content (AvgIpc) is 2.16. The number of ether oxygens (including phenoxy) is 1. The van der Waals surface area contributed by atoms with E-state index in [9.17, 15) is 4.79 Å². The van der Waals surface area contributed by atoms with Gasteiger partial charge in [0.05, 0.1) is 12.1 Å². The summed E-state index contributed by atoms with van der Waals surface area (Å²) in [6, 6.07) is 4.27. The van der Waals surface area contributed by atoms with E-state index in [4.69, 9.17) is 21.4 Å². The first-order valence-corrected chi connectivity index (χ1v) is 5.08. The van der Waals surface area contributed by atoms with Crippen molar-refractivity contribution in [2.24, 2.45) is 0 Å². The van der Waals surface area contributed by atoms with Crippen LogP contribution < -0.4 is 4.74 Å². The second-order valence-corrected chi connectivity index (χ2v) is 4.01. The number of carboxylic acid groups (broad SMARTS) is 1. The highest BCUT2D eigenvalue weighted by Crippen LogP contribution is 2.29. The van der Waals surface area contributed by atoms with Crippen LogP contribution in [-0.4, -0.2) is 37.2 Å². The Morgan fingerprint density at radius 2 is 2.12 bits per heavy atom. The van der Waals surface area contributed by atoms with Gasteiger partial charge in [-0.05, 0) is 31.8 Å². The summed E-state index contributed by atoms with van der Waals surface area (Å²) in [5.41, 5.74) is 0.628. The van der Waals surface area contributed by atoms with E-state index in [0.29, 0.717) is 16.3 Å². The van der Waals surface area contributed by atoms with Gasteiger partial charge < -0.3 is 9.84 Å². The Kier molecular flexibility index (Phi) is 4.15. The number of carboxylic acids is 1. The minimum Gasteiger partial charge on any atom is -0.495 e. The van der Waals surface area contributed by atoms with Gasteiger partial charge in [-0.1, -0.05) is 17.7 Å². The fraction of sp³-hybridized carbons (Fsp3) is 0.364. The number of likely N-dealkylation sites (N-methyl/N-ethyl adjacent to an activating group) is 1. The standard InChI is InChI=1S/C11H14ClNO3/c1-13(2)10(11(14)15)7-4-5-9(16-3)8(12)6-7/h4-6,10H,1-3H3,(H,14,15). The summed E-state index contributed by atoms with van der Waals surface area (Å²) in [6.07, 6.45) is 0. The molecule has 0 aliphatic carbocycles. The zero-order chi connectivity index (χ0) is 12.3. The third-order valence-corrected chi connectivity index (χ3v) is 2.54. The van der Waals surface area contributed by atoms with Crippen LogP contribution in [0, 0.1) is 0 Å². The zero-order valence-electron chi connectivity index (χ0n) is 9.40. The monoisotopic (exact) mass is 243 g/mol. The first kappa shape index (κ1) is 12.8. The average molecular weight is 244 g/mol. The Labute approximate surface area is 99.4 Å². The molecule has 16 heavy (non-hydrogen) atoms. The molecular formula is C11H14ClNO3. The quantitative estimate of drug-likeness (QED) is 0.879. The van der Waals surface area contributed by atoms with Crippen molar-refractivity contribution in [3.63, 3.8) is 0 Å². The Balaban J connectivity index is 3.12. The van der Waals surface area contributed by atoms with Gasteiger partial charge in [-0.2, -0.15) is 0 Å². The second kappa shape index (κ2) is 5.18. The molecule has 0 radical (unpaired) electrons. The van der Waals surface area contributed by atoms with Crippen molar-refractivity contribution in [1.29, 1.82) is 0 Å². The minimum absolute atomic E-state index is 0.410. The van der Waals surface area contributed by atoms with Crippen molar-refractivity contribution in [1.82, 2.24) is 4.90 Å². The summed E-state index contributed by atoms with van der Waals surface area (Å²) in [7, 11) is 4.93. The zero-order valence-corrected chi connectivity index (χ0v) is 10.2. The van der Waals surface area contributed by atoms with Crippen molar-refractivity contribution >= 4 is 17.6 Å². The van der Waals surface area contributed by atoms with Crippen molar-refractivity contribution in [2.45, 2.75) is 6.04 Å². The summed E-state index contributed by atoms with van der Waals surface area (Å²) in [5.74, 6) is -0.375. The molecule has 0 fully saturated rings. The van der Waals surface area contributed by atoms with Crippen molar-refractivity contribution in [3.8, 4) is 5.75 Å². The predicted molar refractivity (Wildman–Crippen MR) is 62.1 cm³/mol. The number of rotatable bonds is 4. The molecule has 0 saturated heterocycles. The summed E-state index contributed by atoms with van der Waals surface area (Å²) in [4.78, 5) is 12.7. The normalized spacial score (nSPS) is 12.6. The predicted octanol–water partition coefficient (Wildman–Crippen LogP) is 2.04. The summed E-state index contributed by atoms with van der Waals surface area (Å²) in [6.45, 7) is 0. The molecule has 0 aromatic heterocycles. The summed E-state index contributed by atoms with van der Waals surface area (Å²) in [5, 5.41) is 9.51. The van der Waals surface area contributed by atoms with E-state index in [1.54, 1.807) is 37.2 Å². The lowest BCUT2D eigenvalue weighted by atomic mass is 10.1. The molecule has 1 unspecified atom stereocenters. The van der Waals surface area contributed by atoms with E-state index in [2.05, 4.69) is 0 Å². The molecule has 88 valence electrons. The molecule has 0 aliphatic rings. The Hall–Kier alpha value is -1.26. The molecule has 1 aromatic rings. The Morgan fingerprint density at radius 3 is 2.50 bits per heavy atom. The van der Waals surface area contributed by atoms with Gasteiger partial charge in [0.2, 0.25) is 0 Å². The van der Waals surface area contributed by atoms with Gasteiger partial charge in [0.15, 0.2) is 0 Å². The fourth-order valence-corrected chi connectivity index (χ4v) is 1.78. The van der Waals surface area contributed by atoms with Gasteiger partial charge in [0.25, 0.3) is 0 Å². The van der Waals surface area contributed by atoms with Crippen LogP contribution in [0.1, 0.15) is 11.6 Å². The minimum atomic E-state index is -0.911. The number of nitrogens with zero attached hydrogens (tertiary/aromatic N) is 1. The number of methoxy groups -OCH3 is 1. The lowest BCUT2D eigenvalue weighted by Crippen LogP contribution is -2.27. The number of hydrogen-bond acceptors (Lipinski definition) is 3. The molecule has 0 amide bonds. The molecule has 0 saturated carbocycles. The van der Waals surface area contributed by atoms with Gasteiger partial charge in [0, 0.05) is 0 Å². The molecule has 1 rings (SSSR count). The van der Waals surface area contributed by atoms with Crippen LogP contribution in [0.3, 0.4) is 0 Å².